The number of aliphatic imine (C=N–C) groups is 1. The second-order valence-corrected chi connectivity index (χ2v) is 4.35. The highest BCUT2D eigenvalue weighted by Crippen LogP contribution is 2.30. The van der Waals surface area contributed by atoms with Gasteiger partial charge in [-0.1, -0.05) is 12.1 Å². The molecule has 0 aliphatic carbocycles. The molecule has 2 rings (SSSR count). The van der Waals surface area contributed by atoms with Crippen molar-refractivity contribution in [1.29, 1.82) is 0 Å². The monoisotopic (exact) mass is 204 g/mol. The first kappa shape index (κ1) is 9.83. The highest BCUT2D eigenvalue weighted by Gasteiger charge is 2.27. The van der Waals surface area contributed by atoms with E-state index in [-0.39, 0.29) is 16.1 Å². The van der Waals surface area contributed by atoms with E-state index in [0.29, 0.717) is 6.42 Å². The van der Waals surface area contributed by atoms with Crippen molar-refractivity contribution in [2.45, 2.75) is 25.8 Å². The maximum absolute atomic E-state index is 10.8. The predicted molar refractivity (Wildman–Crippen MR) is 58.5 cm³/mol. The Kier molecular flexibility index (Phi) is 2.07. The zero-order valence-corrected chi connectivity index (χ0v) is 8.73. The number of fused-ring (bicyclic) bond motifs is 1. The molecule has 78 valence electrons. The molecule has 1 aliphatic rings. The molecule has 1 aromatic rings. The van der Waals surface area contributed by atoms with E-state index in [2.05, 4.69) is 4.99 Å². The summed E-state index contributed by atoms with van der Waals surface area (Å²) in [7, 11) is 0. The van der Waals surface area contributed by atoms with Gasteiger partial charge in [-0.15, -0.1) is 0 Å². The summed E-state index contributed by atoms with van der Waals surface area (Å²) in [6.07, 6.45) is 2.35. The van der Waals surface area contributed by atoms with E-state index in [4.69, 9.17) is 0 Å². The van der Waals surface area contributed by atoms with Crippen LogP contribution in [0.4, 0.5) is 5.69 Å². The average molecular weight is 204 g/mol. The van der Waals surface area contributed by atoms with E-state index < -0.39 is 0 Å². The lowest BCUT2D eigenvalue weighted by Crippen LogP contribution is -2.25. The summed E-state index contributed by atoms with van der Waals surface area (Å²) in [5, 5.41) is 10.8. The fraction of sp³-hybridized carbons (Fsp3) is 0.364. The van der Waals surface area contributed by atoms with Gasteiger partial charge < -0.3 is 0 Å². The fourth-order valence-corrected chi connectivity index (χ4v) is 1.80. The Morgan fingerprint density at radius 3 is 2.87 bits per heavy atom. The Labute approximate surface area is 87.8 Å². The van der Waals surface area contributed by atoms with Gasteiger partial charge in [-0.25, -0.2) is 0 Å². The number of benzene rings is 1. The Morgan fingerprint density at radius 2 is 2.20 bits per heavy atom. The van der Waals surface area contributed by atoms with Crippen molar-refractivity contribution in [3.05, 3.63) is 39.4 Å². The van der Waals surface area contributed by atoms with Crippen LogP contribution >= 0.6 is 0 Å². The van der Waals surface area contributed by atoms with Gasteiger partial charge in [0.15, 0.2) is 0 Å². The minimum absolute atomic E-state index is 0.201. The molecule has 1 heterocycles. The molecule has 4 nitrogen and oxygen atoms in total. The lowest BCUT2D eigenvalue weighted by Gasteiger charge is -2.24. The van der Waals surface area contributed by atoms with Gasteiger partial charge in [-0.2, -0.15) is 0 Å². The van der Waals surface area contributed by atoms with Crippen LogP contribution in [-0.4, -0.2) is 16.7 Å². The molecule has 1 aliphatic heterocycles. The standard InChI is InChI=1S/C11H12N2O2/c1-11(2)6-9-8(7-12-11)4-3-5-10(9)13(14)15/h3-5,7H,6H2,1-2H3. The molecule has 0 radical (unpaired) electrons. The van der Waals surface area contributed by atoms with Crippen molar-refractivity contribution in [1.82, 2.24) is 0 Å². The molecule has 0 atom stereocenters. The molecule has 0 spiro atoms. The first-order valence-electron chi connectivity index (χ1n) is 4.81. The molecule has 0 fully saturated rings. The number of nitrogens with zero attached hydrogens (tertiary/aromatic N) is 2. The summed E-state index contributed by atoms with van der Waals surface area (Å²) in [4.78, 5) is 14.9. The minimum Gasteiger partial charge on any atom is -0.286 e. The first-order chi connectivity index (χ1) is 6.99. The second-order valence-electron chi connectivity index (χ2n) is 4.35. The number of nitro benzene ring substituents is 1. The Morgan fingerprint density at radius 1 is 1.47 bits per heavy atom. The summed E-state index contributed by atoms with van der Waals surface area (Å²) in [6.45, 7) is 3.95. The van der Waals surface area contributed by atoms with Gasteiger partial charge >= 0.3 is 0 Å². The van der Waals surface area contributed by atoms with Crippen LogP contribution in [0.5, 0.6) is 0 Å². The lowest BCUT2D eigenvalue weighted by molar-refractivity contribution is -0.385. The Hall–Kier alpha value is -1.71. The van der Waals surface area contributed by atoms with Gasteiger partial charge in [-0.05, 0) is 13.8 Å². The molecule has 0 aromatic heterocycles. The Balaban J connectivity index is 2.58. The van der Waals surface area contributed by atoms with Gasteiger partial charge in [0.1, 0.15) is 0 Å². The molecule has 0 saturated heterocycles. The number of hydrogen-bond donors (Lipinski definition) is 0. The minimum atomic E-state index is -0.325. The maximum atomic E-state index is 10.8. The van der Waals surface area contributed by atoms with Crippen LogP contribution in [-0.2, 0) is 6.42 Å². The third-order valence-electron chi connectivity index (χ3n) is 2.55. The third kappa shape index (κ3) is 1.75. The molecule has 0 unspecified atom stereocenters. The molecule has 0 N–H and O–H groups in total. The van der Waals surface area contributed by atoms with Crippen LogP contribution in [0.3, 0.4) is 0 Å². The molecule has 15 heavy (non-hydrogen) atoms. The number of rotatable bonds is 1. The van der Waals surface area contributed by atoms with Crippen molar-refractivity contribution in [3.63, 3.8) is 0 Å². The summed E-state index contributed by atoms with van der Waals surface area (Å²) >= 11 is 0. The van der Waals surface area contributed by atoms with E-state index in [1.165, 1.54) is 0 Å². The molecule has 0 amide bonds. The van der Waals surface area contributed by atoms with E-state index in [9.17, 15) is 10.1 Å². The highest BCUT2D eigenvalue weighted by atomic mass is 16.6. The van der Waals surface area contributed by atoms with Crippen molar-refractivity contribution >= 4 is 11.9 Å². The van der Waals surface area contributed by atoms with E-state index in [1.807, 2.05) is 19.9 Å². The van der Waals surface area contributed by atoms with Crippen molar-refractivity contribution in [2.24, 2.45) is 4.99 Å². The van der Waals surface area contributed by atoms with Gasteiger partial charge in [0.05, 0.1) is 10.5 Å². The smallest absolute Gasteiger partial charge is 0.273 e. The van der Waals surface area contributed by atoms with Crippen molar-refractivity contribution in [2.75, 3.05) is 0 Å². The zero-order valence-electron chi connectivity index (χ0n) is 8.73. The normalized spacial score (nSPS) is 17.2. The van der Waals surface area contributed by atoms with Crippen LogP contribution in [0, 0.1) is 10.1 Å². The number of nitro groups is 1. The molecule has 1 aromatic carbocycles. The van der Waals surface area contributed by atoms with Crippen LogP contribution in [0.25, 0.3) is 0 Å². The quantitative estimate of drug-likeness (QED) is 0.520. The summed E-state index contributed by atoms with van der Waals surface area (Å²) in [5.74, 6) is 0. The summed E-state index contributed by atoms with van der Waals surface area (Å²) in [5.41, 5.74) is 1.62. The van der Waals surface area contributed by atoms with Crippen LogP contribution in [0.2, 0.25) is 0 Å². The third-order valence-corrected chi connectivity index (χ3v) is 2.55. The van der Waals surface area contributed by atoms with Crippen LogP contribution in [0.1, 0.15) is 25.0 Å². The SMILES string of the molecule is CC1(C)Cc2c(cccc2[N+](=O)[O-])C=N1. The average Bonchev–Trinajstić information content (AvgIpc) is 2.15. The molecule has 4 heteroatoms. The molecular weight excluding hydrogens is 192 g/mol. The van der Waals surface area contributed by atoms with E-state index >= 15 is 0 Å². The highest BCUT2D eigenvalue weighted by molar-refractivity contribution is 5.85. The Bertz CT molecular complexity index is 450. The van der Waals surface area contributed by atoms with Gasteiger partial charge in [-0.3, -0.25) is 15.1 Å². The molecule has 0 saturated carbocycles. The second kappa shape index (κ2) is 3.15. The van der Waals surface area contributed by atoms with Crippen LogP contribution < -0.4 is 0 Å². The van der Waals surface area contributed by atoms with Crippen LogP contribution in [0.15, 0.2) is 23.2 Å². The fourth-order valence-electron chi connectivity index (χ4n) is 1.80. The van der Waals surface area contributed by atoms with E-state index in [0.717, 1.165) is 11.1 Å². The van der Waals surface area contributed by atoms with Crippen molar-refractivity contribution < 1.29 is 4.92 Å². The largest absolute Gasteiger partial charge is 0.286 e. The number of hydrogen-bond acceptors (Lipinski definition) is 3. The van der Waals surface area contributed by atoms with Gasteiger partial charge in [0.2, 0.25) is 0 Å². The summed E-state index contributed by atoms with van der Waals surface area (Å²) < 4.78 is 0. The first-order valence-corrected chi connectivity index (χ1v) is 4.81. The predicted octanol–water partition coefficient (Wildman–Crippen LogP) is 2.35. The lowest BCUT2D eigenvalue weighted by atomic mass is 9.89. The topological polar surface area (TPSA) is 55.5 Å². The maximum Gasteiger partial charge on any atom is 0.273 e. The van der Waals surface area contributed by atoms with Crippen molar-refractivity contribution in [3.8, 4) is 0 Å². The summed E-state index contributed by atoms with van der Waals surface area (Å²) in [6, 6.07) is 5.11. The van der Waals surface area contributed by atoms with Gasteiger partial charge in [0.25, 0.3) is 5.69 Å². The van der Waals surface area contributed by atoms with Gasteiger partial charge in [0, 0.05) is 29.8 Å². The molecule has 0 bridgehead atoms. The van der Waals surface area contributed by atoms with E-state index in [1.54, 1.807) is 18.3 Å². The molecular formula is C11H12N2O2. The zero-order chi connectivity index (χ0) is 11.1.